The molecule has 2 aromatic rings. The summed E-state index contributed by atoms with van der Waals surface area (Å²) in [7, 11) is 2.14. The molecule has 30 heavy (non-hydrogen) atoms. The first kappa shape index (κ1) is 20.9. The van der Waals surface area contributed by atoms with Gasteiger partial charge in [-0.1, -0.05) is 18.2 Å². The Balaban J connectivity index is 1.41. The van der Waals surface area contributed by atoms with Crippen molar-refractivity contribution in [2.24, 2.45) is 0 Å². The van der Waals surface area contributed by atoms with Crippen molar-refractivity contribution in [2.75, 3.05) is 38.1 Å². The van der Waals surface area contributed by atoms with Gasteiger partial charge in [-0.15, -0.1) is 11.3 Å². The minimum absolute atomic E-state index is 0.0964. The molecule has 160 valence electrons. The third-order valence-electron chi connectivity index (χ3n) is 6.09. The van der Waals surface area contributed by atoms with Gasteiger partial charge < -0.3 is 15.5 Å². The van der Waals surface area contributed by atoms with Crippen LogP contribution in [0, 0.1) is 0 Å². The van der Waals surface area contributed by atoms with Crippen LogP contribution < -0.4 is 15.5 Å². The molecule has 2 aliphatic heterocycles. The zero-order chi connectivity index (χ0) is 20.9. The number of fused-ring (bicyclic) bond motifs is 1. The molecule has 4 rings (SSSR count). The van der Waals surface area contributed by atoms with Gasteiger partial charge in [-0.25, -0.2) is 0 Å². The van der Waals surface area contributed by atoms with Crippen molar-refractivity contribution in [3.63, 3.8) is 0 Å². The van der Waals surface area contributed by atoms with Gasteiger partial charge in [0, 0.05) is 30.7 Å². The summed E-state index contributed by atoms with van der Waals surface area (Å²) in [6.45, 7) is 3.99. The molecule has 2 amide bonds. The lowest BCUT2D eigenvalue weighted by Crippen LogP contribution is -2.43. The van der Waals surface area contributed by atoms with Gasteiger partial charge in [-0.3, -0.25) is 14.5 Å². The van der Waals surface area contributed by atoms with E-state index in [1.807, 2.05) is 17.5 Å². The SMILES string of the molecule is CN1CCCc2cc([C@@H](CNC(=O)C(=O)NCc3cccs3)N3CCCC3)ccc21. The second-order valence-corrected chi connectivity index (χ2v) is 9.18. The molecule has 2 aliphatic rings. The summed E-state index contributed by atoms with van der Waals surface area (Å²) in [6.07, 6.45) is 4.62. The maximum Gasteiger partial charge on any atom is 0.309 e. The highest BCUT2D eigenvalue weighted by molar-refractivity contribution is 7.09. The molecule has 3 heterocycles. The van der Waals surface area contributed by atoms with Crippen LogP contribution in [-0.4, -0.2) is 49.9 Å². The predicted molar refractivity (Wildman–Crippen MR) is 121 cm³/mol. The molecule has 1 saturated heterocycles. The summed E-state index contributed by atoms with van der Waals surface area (Å²) in [4.78, 5) is 30.4. The number of hydrogen-bond donors (Lipinski definition) is 2. The number of thiophene rings is 1. The first-order valence-corrected chi connectivity index (χ1v) is 11.7. The maximum absolute atomic E-state index is 12.4. The number of rotatable bonds is 6. The molecule has 0 unspecified atom stereocenters. The fourth-order valence-electron chi connectivity index (χ4n) is 4.45. The summed E-state index contributed by atoms with van der Waals surface area (Å²) in [5.41, 5.74) is 3.91. The fraction of sp³-hybridized carbons (Fsp3) is 0.478. The molecule has 0 bridgehead atoms. The van der Waals surface area contributed by atoms with Gasteiger partial charge in [-0.05, 0) is 67.4 Å². The van der Waals surface area contributed by atoms with Gasteiger partial charge in [0.25, 0.3) is 0 Å². The summed E-state index contributed by atoms with van der Waals surface area (Å²) in [5, 5.41) is 7.54. The molecular formula is C23H30N4O2S. The van der Waals surface area contributed by atoms with E-state index in [-0.39, 0.29) is 6.04 Å². The number of benzene rings is 1. The predicted octanol–water partition coefficient (Wildman–Crippen LogP) is 2.70. The molecule has 1 aromatic heterocycles. The van der Waals surface area contributed by atoms with Crippen molar-refractivity contribution >= 4 is 28.8 Å². The van der Waals surface area contributed by atoms with Gasteiger partial charge in [0.2, 0.25) is 0 Å². The lowest BCUT2D eigenvalue weighted by atomic mass is 9.96. The van der Waals surface area contributed by atoms with Crippen LogP contribution in [0.1, 0.15) is 41.3 Å². The molecule has 0 radical (unpaired) electrons. The minimum Gasteiger partial charge on any atom is -0.374 e. The van der Waals surface area contributed by atoms with Gasteiger partial charge in [0.15, 0.2) is 0 Å². The fourth-order valence-corrected chi connectivity index (χ4v) is 5.10. The van der Waals surface area contributed by atoms with E-state index >= 15 is 0 Å². The largest absolute Gasteiger partial charge is 0.374 e. The van der Waals surface area contributed by atoms with E-state index < -0.39 is 11.8 Å². The zero-order valence-electron chi connectivity index (χ0n) is 17.5. The average molecular weight is 427 g/mol. The molecule has 6 nitrogen and oxygen atoms in total. The van der Waals surface area contributed by atoms with Gasteiger partial charge in [-0.2, -0.15) is 0 Å². The smallest absolute Gasteiger partial charge is 0.309 e. The topological polar surface area (TPSA) is 64.7 Å². The Labute approximate surface area is 182 Å². The lowest BCUT2D eigenvalue weighted by molar-refractivity contribution is -0.139. The summed E-state index contributed by atoms with van der Waals surface area (Å²) in [5.74, 6) is -1.14. The van der Waals surface area contributed by atoms with Crippen molar-refractivity contribution < 1.29 is 9.59 Å². The van der Waals surface area contributed by atoms with E-state index in [2.05, 4.69) is 45.7 Å². The number of hydrogen-bond acceptors (Lipinski definition) is 5. The highest BCUT2D eigenvalue weighted by Gasteiger charge is 2.26. The van der Waals surface area contributed by atoms with Crippen molar-refractivity contribution in [3.05, 3.63) is 51.7 Å². The summed E-state index contributed by atoms with van der Waals surface area (Å²) >= 11 is 1.56. The molecule has 1 fully saturated rings. The van der Waals surface area contributed by atoms with Crippen LogP contribution in [0.2, 0.25) is 0 Å². The van der Waals surface area contributed by atoms with Crippen LogP contribution >= 0.6 is 11.3 Å². The third-order valence-corrected chi connectivity index (χ3v) is 6.96. The quantitative estimate of drug-likeness (QED) is 0.697. The Bertz CT molecular complexity index is 877. The molecular weight excluding hydrogens is 396 g/mol. The van der Waals surface area contributed by atoms with Crippen LogP contribution in [0.25, 0.3) is 0 Å². The zero-order valence-corrected chi connectivity index (χ0v) is 18.3. The van der Waals surface area contributed by atoms with E-state index in [0.29, 0.717) is 13.1 Å². The van der Waals surface area contributed by atoms with Gasteiger partial charge in [0.1, 0.15) is 0 Å². The normalized spacial score (nSPS) is 17.4. The first-order valence-electron chi connectivity index (χ1n) is 10.8. The number of carbonyl (C=O) groups is 2. The maximum atomic E-state index is 12.4. The summed E-state index contributed by atoms with van der Waals surface area (Å²) < 4.78 is 0. The van der Waals surface area contributed by atoms with E-state index in [9.17, 15) is 9.59 Å². The van der Waals surface area contributed by atoms with E-state index in [4.69, 9.17) is 0 Å². The van der Waals surface area contributed by atoms with E-state index in [1.165, 1.54) is 36.1 Å². The van der Waals surface area contributed by atoms with Crippen molar-refractivity contribution in [2.45, 2.75) is 38.3 Å². The van der Waals surface area contributed by atoms with Crippen LogP contribution in [0.3, 0.4) is 0 Å². The van der Waals surface area contributed by atoms with Gasteiger partial charge in [0.05, 0.1) is 12.6 Å². The number of likely N-dealkylation sites (tertiary alicyclic amines) is 1. The average Bonchev–Trinajstić information content (AvgIpc) is 3.46. The van der Waals surface area contributed by atoms with Crippen LogP contribution in [0.15, 0.2) is 35.7 Å². The molecule has 1 aromatic carbocycles. The number of anilines is 1. The van der Waals surface area contributed by atoms with Crippen LogP contribution in [-0.2, 0) is 22.6 Å². The molecule has 0 aliphatic carbocycles. The van der Waals surface area contributed by atoms with Crippen LogP contribution in [0.4, 0.5) is 5.69 Å². The Morgan fingerprint density at radius 3 is 2.63 bits per heavy atom. The number of aryl methyl sites for hydroxylation is 1. The first-order chi connectivity index (χ1) is 14.6. The molecule has 7 heteroatoms. The Morgan fingerprint density at radius 2 is 1.87 bits per heavy atom. The van der Waals surface area contributed by atoms with E-state index in [0.717, 1.165) is 30.9 Å². The Morgan fingerprint density at radius 1 is 1.07 bits per heavy atom. The Hall–Kier alpha value is -2.38. The molecule has 1 atom stereocenters. The molecule has 0 saturated carbocycles. The lowest BCUT2D eigenvalue weighted by Gasteiger charge is -2.31. The minimum atomic E-state index is -0.573. The Kier molecular flexibility index (Phi) is 6.69. The number of carbonyl (C=O) groups excluding carboxylic acids is 2. The molecule has 0 spiro atoms. The highest BCUT2D eigenvalue weighted by atomic mass is 32.1. The molecule has 2 N–H and O–H groups in total. The number of nitrogens with zero attached hydrogens (tertiary/aromatic N) is 2. The van der Waals surface area contributed by atoms with Crippen molar-refractivity contribution in [1.82, 2.24) is 15.5 Å². The third kappa shape index (κ3) is 4.84. The summed E-state index contributed by atoms with van der Waals surface area (Å²) in [6, 6.07) is 10.7. The van der Waals surface area contributed by atoms with Gasteiger partial charge >= 0.3 is 11.8 Å². The number of amides is 2. The second kappa shape index (κ2) is 9.62. The second-order valence-electron chi connectivity index (χ2n) is 8.14. The van der Waals surface area contributed by atoms with Crippen molar-refractivity contribution in [1.29, 1.82) is 0 Å². The number of nitrogens with one attached hydrogen (secondary N) is 2. The van der Waals surface area contributed by atoms with Crippen molar-refractivity contribution in [3.8, 4) is 0 Å². The highest BCUT2D eigenvalue weighted by Crippen LogP contribution is 2.31. The standard InChI is InChI=1S/C23H30N4O2S/c1-26-10-4-6-17-14-18(8-9-20(17)26)21(27-11-2-3-12-27)16-25-23(29)22(28)24-15-19-7-5-13-30-19/h5,7-9,13-14,21H,2-4,6,10-12,15-16H2,1H3,(H,24,28)(H,25,29)/t21-/m1/s1. The monoisotopic (exact) mass is 426 g/mol. The van der Waals surface area contributed by atoms with E-state index in [1.54, 1.807) is 11.3 Å². The van der Waals surface area contributed by atoms with Crippen LogP contribution in [0.5, 0.6) is 0 Å².